The SMILES string of the molecule is CCO[Si](CCCNC(=O)NCCOCCNC(=O)CCCC[C@@H]1SC[C@@H]2NC(=O)N[C@@H]21)(OCC)OCC. The maximum atomic E-state index is 12.0. The minimum atomic E-state index is -2.68. The van der Waals surface area contributed by atoms with Gasteiger partial charge < -0.3 is 44.6 Å². The van der Waals surface area contributed by atoms with Crippen LogP contribution >= 0.6 is 11.8 Å². The lowest BCUT2D eigenvalue weighted by Gasteiger charge is -2.28. The molecule has 2 saturated heterocycles. The van der Waals surface area contributed by atoms with Crippen LogP contribution in [0.2, 0.25) is 6.04 Å². The van der Waals surface area contributed by atoms with Crippen molar-refractivity contribution < 1.29 is 32.4 Å². The number of nitrogens with one attached hydrogen (secondary N) is 5. The van der Waals surface area contributed by atoms with Crippen LogP contribution in [-0.4, -0.2) is 103 Å². The van der Waals surface area contributed by atoms with E-state index in [1.54, 1.807) is 0 Å². The minimum absolute atomic E-state index is 0.0176. The number of carbonyl (C=O) groups excluding carboxylic acids is 3. The lowest BCUT2D eigenvalue weighted by molar-refractivity contribution is -0.121. The number of rotatable bonds is 21. The Bertz CT molecular complexity index is 707. The van der Waals surface area contributed by atoms with Gasteiger partial charge in [-0.3, -0.25) is 4.79 Å². The van der Waals surface area contributed by atoms with Crippen molar-refractivity contribution >= 4 is 38.5 Å². The van der Waals surface area contributed by atoms with Gasteiger partial charge in [0.25, 0.3) is 0 Å². The van der Waals surface area contributed by atoms with Gasteiger partial charge in [-0.25, -0.2) is 9.59 Å². The molecule has 5 N–H and O–H groups in total. The van der Waals surface area contributed by atoms with Crippen LogP contribution in [0.3, 0.4) is 0 Å². The van der Waals surface area contributed by atoms with Crippen LogP contribution in [0, 0.1) is 0 Å². The fraction of sp³-hybridized carbons (Fsp3) is 0.875. The molecule has 220 valence electrons. The first-order chi connectivity index (χ1) is 18.4. The molecule has 0 unspecified atom stereocenters. The summed E-state index contributed by atoms with van der Waals surface area (Å²) in [5, 5.41) is 14.8. The summed E-state index contributed by atoms with van der Waals surface area (Å²) in [7, 11) is -2.68. The monoisotopic (exact) mass is 577 g/mol. The third-order valence-corrected chi connectivity index (χ3v) is 10.9. The normalized spacial score (nSPS) is 20.5. The highest BCUT2D eigenvalue weighted by atomic mass is 32.2. The predicted molar refractivity (Wildman–Crippen MR) is 149 cm³/mol. The van der Waals surface area contributed by atoms with E-state index >= 15 is 0 Å². The number of unbranched alkanes of at least 4 members (excludes halogenated alkanes) is 1. The number of ether oxygens (including phenoxy) is 1. The molecule has 0 bridgehead atoms. The van der Waals surface area contributed by atoms with Crippen molar-refractivity contribution in [2.45, 2.75) is 76.3 Å². The van der Waals surface area contributed by atoms with E-state index in [0.29, 0.717) is 76.8 Å². The second-order valence-electron chi connectivity index (χ2n) is 9.10. The van der Waals surface area contributed by atoms with Crippen molar-refractivity contribution in [1.29, 1.82) is 0 Å². The maximum Gasteiger partial charge on any atom is 0.500 e. The Kier molecular flexibility index (Phi) is 16.0. The molecule has 2 aliphatic heterocycles. The molecule has 0 radical (unpaired) electrons. The Labute approximate surface area is 232 Å². The van der Waals surface area contributed by atoms with E-state index in [9.17, 15) is 14.4 Å². The fourth-order valence-corrected chi connectivity index (χ4v) is 8.69. The first-order valence-corrected chi connectivity index (χ1v) is 16.9. The Balaban J connectivity index is 1.40. The molecule has 0 aromatic rings. The van der Waals surface area contributed by atoms with Crippen molar-refractivity contribution in [3.8, 4) is 0 Å². The van der Waals surface area contributed by atoms with E-state index in [-0.39, 0.29) is 30.1 Å². The Morgan fingerprint density at radius 2 is 1.58 bits per heavy atom. The molecule has 0 spiro atoms. The van der Waals surface area contributed by atoms with Gasteiger partial charge in [-0.05, 0) is 40.0 Å². The third-order valence-electron chi connectivity index (χ3n) is 6.22. The summed E-state index contributed by atoms with van der Waals surface area (Å²) in [6.45, 7) is 9.44. The van der Waals surface area contributed by atoms with E-state index in [0.717, 1.165) is 25.0 Å². The molecule has 0 saturated carbocycles. The second-order valence-corrected chi connectivity index (χ2v) is 13.1. The summed E-state index contributed by atoms with van der Waals surface area (Å²) in [6.07, 6.45) is 3.98. The Morgan fingerprint density at radius 1 is 0.921 bits per heavy atom. The number of hydrogen-bond donors (Lipinski definition) is 5. The standard InChI is InChI=1S/C24H47N5O7SSi/c1-4-34-38(35-5-2,36-6-3)17-9-12-26-23(31)27-14-16-33-15-13-25-21(30)11-8-7-10-20-22-19(18-37-20)28-24(32)29-22/h19-20,22H,4-18H2,1-3H3,(H,25,30)(H2,26,27,31)(H2,28,29,32)/t19-,20-,22-/m0/s1. The van der Waals surface area contributed by atoms with E-state index in [1.807, 2.05) is 32.5 Å². The fourth-order valence-electron chi connectivity index (χ4n) is 4.53. The van der Waals surface area contributed by atoms with E-state index in [1.165, 1.54) is 0 Å². The molecular weight excluding hydrogens is 530 g/mol. The number of fused-ring (bicyclic) bond motifs is 1. The van der Waals surface area contributed by atoms with Gasteiger partial charge in [0.05, 0.1) is 25.3 Å². The molecule has 38 heavy (non-hydrogen) atoms. The van der Waals surface area contributed by atoms with Crippen molar-refractivity contribution in [2.75, 3.05) is 58.4 Å². The van der Waals surface area contributed by atoms with Gasteiger partial charge in [-0.2, -0.15) is 11.8 Å². The highest BCUT2D eigenvalue weighted by Gasteiger charge is 2.42. The zero-order chi connectivity index (χ0) is 27.6. The smallest absolute Gasteiger partial charge is 0.378 e. The van der Waals surface area contributed by atoms with Crippen LogP contribution in [0.1, 0.15) is 52.9 Å². The van der Waals surface area contributed by atoms with Crippen LogP contribution in [-0.2, 0) is 22.8 Å². The molecule has 0 aliphatic carbocycles. The summed E-state index contributed by atoms with van der Waals surface area (Å²) in [6, 6.07) is 0.786. The highest BCUT2D eigenvalue weighted by Crippen LogP contribution is 2.33. The van der Waals surface area contributed by atoms with Gasteiger partial charge in [0.1, 0.15) is 0 Å². The number of urea groups is 2. The zero-order valence-electron chi connectivity index (χ0n) is 23.1. The van der Waals surface area contributed by atoms with E-state index < -0.39 is 8.80 Å². The van der Waals surface area contributed by atoms with Crippen molar-refractivity contribution in [2.24, 2.45) is 0 Å². The molecule has 0 aromatic heterocycles. The van der Waals surface area contributed by atoms with E-state index in [4.69, 9.17) is 18.0 Å². The molecule has 14 heteroatoms. The van der Waals surface area contributed by atoms with Gasteiger partial charge in [-0.15, -0.1) is 0 Å². The summed E-state index contributed by atoms with van der Waals surface area (Å²) >= 11 is 1.89. The predicted octanol–water partition coefficient (Wildman–Crippen LogP) is 1.58. The summed E-state index contributed by atoms with van der Waals surface area (Å²) < 4.78 is 22.9. The molecule has 2 fully saturated rings. The lowest BCUT2D eigenvalue weighted by Crippen LogP contribution is -2.46. The molecule has 2 rings (SSSR count). The maximum absolute atomic E-state index is 12.0. The van der Waals surface area contributed by atoms with Gasteiger partial charge >= 0.3 is 20.9 Å². The van der Waals surface area contributed by atoms with Crippen LogP contribution in [0.25, 0.3) is 0 Å². The minimum Gasteiger partial charge on any atom is -0.378 e. The second kappa shape index (κ2) is 18.7. The van der Waals surface area contributed by atoms with Crippen molar-refractivity contribution in [3.05, 3.63) is 0 Å². The molecule has 12 nitrogen and oxygen atoms in total. The average Bonchev–Trinajstić information content (AvgIpc) is 3.43. The molecule has 0 aromatic carbocycles. The molecule has 5 amide bonds. The lowest BCUT2D eigenvalue weighted by atomic mass is 10.0. The topological polar surface area (TPSA) is 148 Å². The molecular formula is C24H47N5O7SSi. The van der Waals surface area contributed by atoms with Gasteiger partial charge in [-0.1, -0.05) is 6.42 Å². The number of carbonyl (C=O) groups is 3. The van der Waals surface area contributed by atoms with Crippen LogP contribution in [0.15, 0.2) is 0 Å². The largest absolute Gasteiger partial charge is 0.500 e. The number of amides is 5. The zero-order valence-corrected chi connectivity index (χ0v) is 24.9. The summed E-state index contributed by atoms with van der Waals surface area (Å²) in [5.74, 6) is 0.971. The van der Waals surface area contributed by atoms with Crippen molar-refractivity contribution in [1.82, 2.24) is 26.6 Å². The number of hydrogen-bond acceptors (Lipinski definition) is 8. The molecule has 3 atom stereocenters. The Morgan fingerprint density at radius 3 is 2.26 bits per heavy atom. The first-order valence-electron chi connectivity index (χ1n) is 13.9. The third kappa shape index (κ3) is 12.1. The van der Waals surface area contributed by atoms with E-state index in [2.05, 4.69) is 26.6 Å². The van der Waals surface area contributed by atoms with Crippen LogP contribution in [0.5, 0.6) is 0 Å². The van der Waals surface area contributed by atoms with Gasteiger partial charge in [0.2, 0.25) is 5.91 Å². The quantitative estimate of drug-likeness (QED) is 0.0785. The molecule has 2 aliphatic rings. The first kappa shape index (κ1) is 32.6. The van der Waals surface area contributed by atoms with Crippen molar-refractivity contribution in [3.63, 3.8) is 0 Å². The average molecular weight is 578 g/mol. The van der Waals surface area contributed by atoms with Crippen LogP contribution < -0.4 is 26.6 Å². The Hall–Kier alpha value is -1.58. The van der Waals surface area contributed by atoms with Gasteiger partial charge in [0, 0.05) is 62.9 Å². The highest BCUT2D eigenvalue weighted by molar-refractivity contribution is 8.00. The van der Waals surface area contributed by atoms with Gasteiger partial charge in [0.15, 0.2) is 0 Å². The molecule has 2 heterocycles. The van der Waals surface area contributed by atoms with Crippen LogP contribution in [0.4, 0.5) is 9.59 Å². The summed E-state index contributed by atoms with van der Waals surface area (Å²) in [5.41, 5.74) is 0. The number of thioether (sulfide) groups is 1. The summed E-state index contributed by atoms with van der Waals surface area (Å²) in [4.78, 5) is 35.4.